The van der Waals surface area contributed by atoms with Crippen molar-refractivity contribution in [3.63, 3.8) is 0 Å². The van der Waals surface area contributed by atoms with Gasteiger partial charge in [-0.25, -0.2) is 0 Å². The summed E-state index contributed by atoms with van der Waals surface area (Å²) in [7, 11) is 0. The van der Waals surface area contributed by atoms with Crippen LogP contribution >= 0.6 is 11.8 Å². The summed E-state index contributed by atoms with van der Waals surface area (Å²) >= 11 is 2.03. The van der Waals surface area contributed by atoms with Gasteiger partial charge in [0.2, 0.25) is 0 Å². The zero-order chi connectivity index (χ0) is 12.1. The van der Waals surface area contributed by atoms with Gasteiger partial charge in [0, 0.05) is 4.90 Å². The molecule has 1 aliphatic heterocycles. The molecule has 1 aromatic rings. The molecule has 0 radical (unpaired) electrons. The van der Waals surface area contributed by atoms with Gasteiger partial charge in [-0.2, -0.15) is 0 Å². The Balaban J connectivity index is 1.79. The van der Waals surface area contributed by atoms with Gasteiger partial charge in [-0.3, -0.25) is 0 Å². The first-order chi connectivity index (χ1) is 8.25. The first kappa shape index (κ1) is 13.0. The summed E-state index contributed by atoms with van der Waals surface area (Å²) in [6.07, 6.45) is 4.11. The van der Waals surface area contributed by atoms with Crippen molar-refractivity contribution in [1.29, 1.82) is 0 Å². The molecular weight excluding hydrogens is 226 g/mol. The molecule has 1 N–H and O–H groups in total. The quantitative estimate of drug-likeness (QED) is 0.815. The summed E-state index contributed by atoms with van der Waals surface area (Å²) < 4.78 is 0. The highest BCUT2D eigenvalue weighted by atomic mass is 32.2. The number of hydrogen-bond acceptors (Lipinski definition) is 2. The molecule has 1 aliphatic rings. The Morgan fingerprint density at radius 2 is 2.00 bits per heavy atom. The molecular formula is C15H23NS. The average molecular weight is 249 g/mol. The Morgan fingerprint density at radius 3 is 2.76 bits per heavy atom. The largest absolute Gasteiger partial charge is 0.317 e. The topological polar surface area (TPSA) is 12.0 Å². The minimum Gasteiger partial charge on any atom is -0.317 e. The molecule has 0 aliphatic carbocycles. The first-order valence-electron chi connectivity index (χ1n) is 6.66. The molecule has 1 saturated heterocycles. The summed E-state index contributed by atoms with van der Waals surface area (Å²) in [5.74, 6) is 2.23. The van der Waals surface area contributed by atoms with E-state index >= 15 is 0 Å². The number of aryl methyl sites for hydroxylation is 2. The minimum absolute atomic E-state index is 0.953. The summed E-state index contributed by atoms with van der Waals surface area (Å²) in [5, 5.41) is 3.43. The average Bonchev–Trinajstić information content (AvgIpc) is 2.35. The number of rotatable bonds is 4. The van der Waals surface area contributed by atoms with Gasteiger partial charge in [0.05, 0.1) is 0 Å². The molecule has 1 fully saturated rings. The lowest BCUT2D eigenvalue weighted by molar-refractivity contribution is 0.367. The maximum absolute atomic E-state index is 3.43. The Morgan fingerprint density at radius 1 is 1.24 bits per heavy atom. The zero-order valence-corrected chi connectivity index (χ0v) is 11.8. The fraction of sp³-hybridized carbons (Fsp3) is 0.600. The van der Waals surface area contributed by atoms with Crippen LogP contribution < -0.4 is 5.32 Å². The highest BCUT2D eigenvalue weighted by Crippen LogP contribution is 2.27. The Bertz CT molecular complexity index is 356. The molecule has 1 nitrogen and oxygen atoms in total. The summed E-state index contributed by atoms with van der Waals surface area (Å²) in [4.78, 5) is 1.47. The van der Waals surface area contributed by atoms with Crippen LogP contribution in [0.2, 0.25) is 0 Å². The summed E-state index contributed by atoms with van der Waals surface area (Å²) in [6.45, 7) is 6.83. The molecule has 0 aromatic heterocycles. The van der Waals surface area contributed by atoms with Gasteiger partial charge in [0.25, 0.3) is 0 Å². The Hall–Kier alpha value is -0.470. The van der Waals surface area contributed by atoms with E-state index in [9.17, 15) is 0 Å². The normalized spacial score (nSPS) is 17.3. The highest BCUT2D eigenvalue weighted by Gasteiger charge is 2.12. The Kier molecular flexibility index (Phi) is 4.93. The van der Waals surface area contributed by atoms with Crippen molar-refractivity contribution in [1.82, 2.24) is 5.32 Å². The number of benzene rings is 1. The first-order valence-corrected chi connectivity index (χ1v) is 7.65. The third kappa shape index (κ3) is 4.04. The van der Waals surface area contributed by atoms with Crippen LogP contribution in [0, 0.1) is 19.8 Å². The van der Waals surface area contributed by atoms with Crippen molar-refractivity contribution < 1.29 is 0 Å². The monoisotopic (exact) mass is 249 g/mol. The van der Waals surface area contributed by atoms with Gasteiger partial charge in [-0.15, -0.1) is 11.8 Å². The van der Waals surface area contributed by atoms with Crippen molar-refractivity contribution in [2.45, 2.75) is 38.0 Å². The second-order valence-corrected chi connectivity index (χ2v) is 6.24. The SMILES string of the molecule is Cc1ccc(C)c(SCCC2CCNCC2)c1. The van der Waals surface area contributed by atoms with Gasteiger partial charge in [-0.05, 0) is 69.5 Å². The fourth-order valence-electron chi connectivity index (χ4n) is 2.37. The van der Waals surface area contributed by atoms with E-state index in [1.165, 1.54) is 54.1 Å². The second kappa shape index (κ2) is 6.46. The predicted molar refractivity (Wildman–Crippen MR) is 76.9 cm³/mol. The van der Waals surface area contributed by atoms with Crippen molar-refractivity contribution in [3.05, 3.63) is 29.3 Å². The van der Waals surface area contributed by atoms with Gasteiger partial charge in [0.15, 0.2) is 0 Å². The molecule has 17 heavy (non-hydrogen) atoms. The molecule has 2 heteroatoms. The summed E-state index contributed by atoms with van der Waals surface area (Å²) in [6, 6.07) is 6.76. The van der Waals surface area contributed by atoms with E-state index < -0.39 is 0 Å². The van der Waals surface area contributed by atoms with Crippen LogP contribution in [0.15, 0.2) is 23.1 Å². The van der Waals surface area contributed by atoms with E-state index in [1.807, 2.05) is 11.8 Å². The van der Waals surface area contributed by atoms with Crippen LogP contribution in [-0.2, 0) is 0 Å². The van der Waals surface area contributed by atoms with Gasteiger partial charge in [-0.1, -0.05) is 17.7 Å². The molecule has 0 spiro atoms. The molecule has 0 unspecified atom stereocenters. The van der Waals surface area contributed by atoms with Crippen LogP contribution in [0.1, 0.15) is 30.4 Å². The van der Waals surface area contributed by atoms with E-state index in [-0.39, 0.29) is 0 Å². The van der Waals surface area contributed by atoms with E-state index in [0.717, 1.165) is 5.92 Å². The third-order valence-corrected chi connectivity index (χ3v) is 4.78. The lowest BCUT2D eigenvalue weighted by Crippen LogP contribution is -2.27. The van der Waals surface area contributed by atoms with Crippen molar-refractivity contribution in [3.8, 4) is 0 Å². The van der Waals surface area contributed by atoms with Crippen LogP contribution in [0.3, 0.4) is 0 Å². The zero-order valence-electron chi connectivity index (χ0n) is 11.0. The van der Waals surface area contributed by atoms with Crippen molar-refractivity contribution >= 4 is 11.8 Å². The molecule has 0 saturated carbocycles. The summed E-state index contributed by atoms with van der Waals surface area (Å²) in [5.41, 5.74) is 2.80. The molecule has 1 aromatic carbocycles. The highest BCUT2D eigenvalue weighted by molar-refractivity contribution is 7.99. The van der Waals surface area contributed by atoms with E-state index in [1.54, 1.807) is 0 Å². The standard InChI is InChI=1S/C15H23NS/c1-12-3-4-13(2)15(11-12)17-10-7-14-5-8-16-9-6-14/h3-4,11,14,16H,5-10H2,1-2H3. The van der Waals surface area contributed by atoms with Gasteiger partial charge in [0.1, 0.15) is 0 Å². The molecule has 0 bridgehead atoms. The molecule has 0 atom stereocenters. The predicted octanol–water partition coefficient (Wildman–Crippen LogP) is 3.79. The number of thioether (sulfide) groups is 1. The molecule has 1 heterocycles. The lowest BCUT2D eigenvalue weighted by atomic mass is 9.96. The van der Waals surface area contributed by atoms with Crippen LogP contribution in [0.25, 0.3) is 0 Å². The number of nitrogens with one attached hydrogen (secondary N) is 1. The number of piperidine rings is 1. The molecule has 0 amide bonds. The second-order valence-electron chi connectivity index (χ2n) is 5.10. The van der Waals surface area contributed by atoms with Crippen molar-refractivity contribution in [2.24, 2.45) is 5.92 Å². The smallest absolute Gasteiger partial charge is 0.0104 e. The van der Waals surface area contributed by atoms with Crippen LogP contribution in [-0.4, -0.2) is 18.8 Å². The minimum atomic E-state index is 0.953. The maximum Gasteiger partial charge on any atom is 0.0104 e. The molecule has 2 rings (SSSR count). The third-order valence-electron chi connectivity index (χ3n) is 3.59. The van der Waals surface area contributed by atoms with Crippen molar-refractivity contribution in [2.75, 3.05) is 18.8 Å². The maximum atomic E-state index is 3.43. The van der Waals surface area contributed by atoms with Gasteiger partial charge >= 0.3 is 0 Å². The van der Waals surface area contributed by atoms with E-state index in [0.29, 0.717) is 0 Å². The lowest BCUT2D eigenvalue weighted by Gasteiger charge is -2.22. The fourth-order valence-corrected chi connectivity index (χ4v) is 3.60. The molecule has 94 valence electrons. The van der Waals surface area contributed by atoms with E-state index in [2.05, 4.69) is 37.4 Å². The van der Waals surface area contributed by atoms with E-state index in [4.69, 9.17) is 0 Å². The van der Waals surface area contributed by atoms with Gasteiger partial charge < -0.3 is 5.32 Å². The number of hydrogen-bond donors (Lipinski definition) is 1. The van der Waals surface area contributed by atoms with Crippen LogP contribution in [0.4, 0.5) is 0 Å². The van der Waals surface area contributed by atoms with Crippen LogP contribution in [0.5, 0.6) is 0 Å². The Labute approximate surface area is 109 Å².